The molecule has 6 heteroatoms. The van der Waals surface area contributed by atoms with Gasteiger partial charge in [0.25, 0.3) is 0 Å². The molecule has 1 aromatic heterocycles. The zero-order valence-electron chi connectivity index (χ0n) is 15.1. The Kier molecular flexibility index (Phi) is 6.33. The molecule has 4 rings (SSSR count). The van der Waals surface area contributed by atoms with Crippen molar-refractivity contribution in [2.45, 2.75) is 45.4 Å². The van der Waals surface area contributed by atoms with Gasteiger partial charge in [-0.25, -0.2) is 4.98 Å². The highest BCUT2D eigenvalue weighted by atomic mass is 35.5. The first-order chi connectivity index (χ1) is 12.2. The van der Waals surface area contributed by atoms with Crippen LogP contribution in [0.4, 0.5) is 5.13 Å². The van der Waals surface area contributed by atoms with Crippen LogP contribution < -0.4 is 10.6 Å². The van der Waals surface area contributed by atoms with Gasteiger partial charge in [-0.1, -0.05) is 12.1 Å². The third-order valence-corrected chi connectivity index (χ3v) is 6.24. The van der Waals surface area contributed by atoms with E-state index in [4.69, 9.17) is 4.98 Å². The summed E-state index contributed by atoms with van der Waals surface area (Å²) in [4.78, 5) is 18.1. The van der Waals surface area contributed by atoms with Crippen molar-refractivity contribution in [2.75, 3.05) is 18.4 Å². The smallest absolute Gasteiger partial charge is 0.226 e. The Balaban J connectivity index is 0.00000196. The Morgan fingerprint density at radius 1 is 1.35 bits per heavy atom. The van der Waals surface area contributed by atoms with Crippen molar-refractivity contribution in [1.82, 2.24) is 10.3 Å². The van der Waals surface area contributed by atoms with E-state index in [1.54, 1.807) is 11.3 Å². The van der Waals surface area contributed by atoms with Crippen molar-refractivity contribution in [3.8, 4) is 11.3 Å². The molecule has 1 aromatic carbocycles. The molecule has 1 saturated heterocycles. The molecule has 1 aliphatic heterocycles. The minimum absolute atomic E-state index is 0. The second-order valence-corrected chi connectivity index (χ2v) is 8.41. The average Bonchev–Trinajstić information content (AvgIpc) is 3.33. The van der Waals surface area contributed by atoms with E-state index in [1.807, 2.05) is 0 Å². The van der Waals surface area contributed by atoms with Gasteiger partial charge >= 0.3 is 0 Å². The molecule has 1 atom stereocenters. The number of carbonyl (C=O) groups is 1. The van der Waals surface area contributed by atoms with Crippen LogP contribution in [0.5, 0.6) is 0 Å². The lowest BCUT2D eigenvalue weighted by Crippen LogP contribution is -2.14. The van der Waals surface area contributed by atoms with Crippen LogP contribution in [0.25, 0.3) is 11.3 Å². The van der Waals surface area contributed by atoms with Gasteiger partial charge < -0.3 is 10.6 Å². The van der Waals surface area contributed by atoms with Gasteiger partial charge in [0.1, 0.15) is 0 Å². The molecular weight excluding hydrogens is 366 g/mol. The van der Waals surface area contributed by atoms with E-state index in [0.29, 0.717) is 12.3 Å². The summed E-state index contributed by atoms with van der Waals surface area (Å²) < 4.78 is 0. The van der Waals surface area contributed by atoms with Crippen molar-refractivity contribution in [3.05, 3.63) is 34.2 Å². The van der Waals surface area contributed by atoms with Crippen LogP contribution >= 0.6 is 23.7 Å². The van der Waals surface area contributed by atoms with Crippen LogP contribution in [-0.4, -0.2) is 24.0 Å². The van der Waals surface area contributed by atoms with E-state index >= 15 is 0 Å². The zero-order valence-corrected chi connectivity index (χ0v) is 16.8. The molecule has 2 heterocycles. The van der Waals surface area contributed by atoms with Crippen LogP contribution in [0.3, 0.4) is 0 Å². The molecular formula is C20H26ClN3OS. The molecule has 4 nitrogen and oxygen atoms in total. The van der Waals surface area contributed by atoms with Crippen molar-refractivity contribution in [2.24, 2.45) is 5.92 Å². The number of carbonyl (C=O) groups excluding carboxylic acids is 1. The number of anilines is 1. The van der Waals surface area contributed by atoms with E-state index in [-0.39, 0.29) is 18.3 Å². The lowest BCUT2D eigenvalue weighted by atomic mass is 10.0. The summed E-state index contributed by atoms with van der Waals surface area (Å²) in [7, 11) is 0. The van der Waals surface area contributed by atoms with Crippen molar-refractivity contribution in [1.29, 1.82) is 0 Å². The molecule has 1 aliphatic carbocycles. The fraction of sp³-hybridized carbons (Fsp3) is 0.500. The number of aryl methyl sites for hydroxylation is 3. The first kappa shape index (κ1) is 19.3. The van der Waals surface area contributed by atoms with E-state index in [1.165, 1.54) is 42.4 Å². The van der Waals surface area contributed by atoms with E-state index in [2.05, 4.69) is 35.8 Å². The van der Waals surface area contributed by atoms with Crippen molar-refractivity contribution < 1.29 is 4.79 Å². The minimum atomic E-state index is 0. The Labute approximate surface area is 165 Å². The van der Waals surface area contributed by atoms with Gasteiger partial charge in [0.15, 0.2) is 5.13 Å². The van der Waals surface area contributed by atoms with Crippen LogP contribution in [0.2, 0.25) is 0 Å². The summed E-state index contributed by atoms with van der Waals surface area (Å²) in [5, 5.41) is 7.07. The number of amides is 1. The normalized spacial score (nSPS) is 18.4. The van der Waals surface area contributed by atoms with Gasteiger partial charge in [0.05, 0.1) is 5.69 Å². The number of rotatable bonds is 5. The summed E-state index contributed by atoms with van der Waals surface area (Å²) >= 11 is 1.57. The molecule has 2 aliphatic rings. The van der Waals surface area contributed by atoms with Crippen LogP contribution in [0.1, 0.15) is 41.7 Å². The molecule has 26 heavy (non-hydrogen) atoms. The SMILES string of the molecule is Cc1sc(NC(=O)CCC2CCNC2)nc1-c1ccc2c(c1)CCC2.Cl. The van der Waals surface area contributed by atoms with Crippen LogP contribution in [0.15, 0.2) is 18.2 Å². The second-order valence-electron chi connectivity index (χ2n) is 7.21. The highest BCUT2D eigenvalue weighted by Gasteiger charge is 2.18. The van der Waals surface area contributed by atoms with Gasteiger partial charge in [-0.2, -0.15) is 0 Å². The van der Waals surface area contributed by atoms with Crippen molar-refractivity contribution >= 4 is 34.8 Å². The third-order valence-electron chi connectivity index (χ3n) is 5.36. The zero-order chi connectivity index (χ0) is 17.2. The fourth-order valence-electron chi connectivity index (χ4n) is 3.91. The lowest BCUT2D eigenvalue weighted by Gasteiger charge is -2.07. The molecule has 0 saturated carbocycles. The number of halogens is 1. The predicted molar refractivity (Wildman–Crippen MR) is 110 cm³/mol. The van der Waals surface area contributed by atoms with Gasteiger partial charge in [0.2, 0.25) is 5.91 Å². The summed E-state index contributed by atoms with van der Waals surface area (Å²) in [6.45, 7) is 4.22. The number of hydrogen-bond donors (Lipinski definition) is 2. The average molecular weight is 392 g/mol. The maximum Gasteiger partial charge on any atom is 0.226 e. The molecule has 0 bridgehead atoms. The summed E-state index contributed by atoms with van der Waals surface area (Å²) in [6.07, 6.45) is 6.36. The van der Waals surface area contributed by atoms with E-state index < -0.39 is 0 Å². The predicted octanol–water partition coefficient (Wildman–Crippen LogP) is 4.36. The number of thiazole rings is 1. The molecule has 2 aromatic rings. The van der Waals surface area contributed by atoms with E-state index in [9.17, 15) is 4.79 Å². The summed E-state index contributed by atoms with van der Waals surface area (Å²) in [5.74, 6) is 0.729. The number of nitrogens with zero attached hydrogens (tertiary/aromatic N) is 1. The van der Waals surface area contributed by atoms with E-state index in [0.717, 1.165) is 35.2 Å². The number of aromatic nitrogens is 1. The summed E-state index contributed by atoms with van der Waals surface area (Å²) in [6, 6.07) is 6.69. The molecule has 2 N–H and O–H groups in total. The van der Waals surface area contributed by atoms with Gasteiger partial charge in [0, 0.05) is 16.9 Å². The second kappa shape index (κ2) is 8.51. The highest BCUT2D eigenvalue weighted by Crippen LogP contribution is 2.33. The number of fused-ring (bicyclic) bond motifs is 1. The molecule has 140 valence electrons. The molecule has 1 amide bonds. The monoisotopic (exact) mass is 391 g/mol. The Hall–Kier alpha value is -1.43. The highest BCUT2D eigenvalue weighted by molar-refractivity contribution is 7.16. The Bertz CT molecular complexity index is 783. The van der Waals surface area contributed by atoms with Crippen LogP contribution in [-0.2, 0) is 17.6 Å². The molecule has 1 fully saturated rings. The maximum atomic E-state index is 12.2. The van der Waals surface area contributed by atoms with Gasteiger partial charge in [-0.15, -0.1) is 23.7 Å². The molecule has 0 radical (unpaired) electrons. The van der Waals surface area contributed by atoms with Crippen LogP contribution in [0, 0.1) is 12.8 Å². The largest absolute Gasteiger partial charge is 0.316 e. The number of benzene rings is 1. The Morgan fingerprint density at radius 2 is 2.19 bits per heavy atom. The van der Waals surface area contributed by atoms with Gasteiger partial charge in [-0.3, -0.25) is 4.79 Å². The number of hydrogen-bond acceptors (Lipinski definition) is 4. The fourth-order valence-corrected chi connectivity index (χ4v) is 4.77. The van der Waals surface area contributed by atoms with Gasteiger partial charge in [-0.05, 0) is 75.2 Å². The summed E-state index contributed by atoms with van der Waals surface area (Å²) in [5.41, 5.74) is 5.12. The Morgan fingerprint density at radius 3 is 3.00 bits per heavy atom. The third kappa shape index (κ3) is 4.27. The standard InChI is InChI=1S/C20H25N3OS.ClH/c1-13-19(17-7-6-15-3-2-4-16(15)11-17)23-20(25-13)22-18(24)8-5-14-9-10-21-12-14;/h6-7,11,14,21H,2-5,8-10,12H2,1H3,(H,22,23,24);1H. The molecule has 1 unspecified atom stereocenters. The molecule has 0 spiro atoms. The maximum absolute atomic E-state index is 12.2. The van der Waals surface area contributed by atoms with Crippen molar-refractivity contribution in [3.63, 3.8) is 0 Å². The first-order valence-electron chi connectivity index (χ1n) is 9.29. The quantitative estimate of drug-likeness (QED) is 0.796. The number of nitrogens with one attached hydrogen (secondary N) is 2. The lowest BCUT2D eigenvalue weighted by molar-refractivity contribution is -0.116. The first-order valence-corrected chi connectivity index (χ1v) is 10.1. The minimum Gasteiger partial charge on any atom is -0.316 e. The topological polar surface area (TPSA) is 54.0 Å².